The third kappa shape index (κ3) is 4.47. The van der Waals surface area contributed by atoms with Gasteiger partial charge in [0.15, 0.2) is 5.43 Å². The molecule has 0 spiro atoms. The van der Waals surface area contributed by atoms with E-state index in [0.717, 1.165) is 0 Å². The predicted molar refractivity (Wildman–Crippen MR) is 47.5 cm³/mol. The summed E-state index contributed by atoms with van der Waals surface area (Å²) in [7, 11) is 0. The fourth-order valence-electron chi connectivity index (χ4n) is 0.572. The Morgan fingerprint density at radius 3 is 1.92 bits per heavy atom. The first kappa shape index (κ1) is 9.12. The minimum atomic E-state index is -0.0220. The summed E-state index contributed by atoms with van der Waals surface area (Å²) >= 11 is 0. The van der Waals surface area contributed by atoms with Gasteiger partial charge >= 0.3 is 0 Å². The highest BCUT2D eigenvalue weighted by Crippen LogP contribution is 1.81. The van der Waals surface area contributed by atoms with Gasteiger partial charge < -0.3 is 14.5 Å². The summed E-state index contributed by atoms with van der Waals surface area (Å²) in [6.45, 7) is 0. The molecule has 1 aromatic rings. The van der Waals surface area contributed by atoms with E-state index in [0.29, 0.717) is 0 Å². The van der Waals surface area contributed by atoms with Crippen molar-refractivity contribution in [3.8, 4) is 0 Å². The van der Waals surface area contributed by atoms with Gasteiger partial charge in [-0.25, -0.2) is 0 Å². The van der Waals surface area contributed by atoms with E-state index < -0.39 is 0 Å². The molecule has 0 saturated heterocycles. The molecule has 0 atom stereocenters. The molecule has 0 amide bonds. The molecule has 1 N–H and O–H groups in total. The van der Waals surface area contributed by atoms with Crippen molar-refractivity contribution in [1.82, 2.24) is 5.32 Å². The van der Waals surface area contributed by atoms with Crippen molar-refractivity contribution >= 4 is 0 Å². The maximum absolute atomic E-state index is 10.2. The smallest absolute Gasteiger partial charge is 0.184 e. The van der Waals surface area contributed by atoms with E-state index in [-0.39, 0.29) is 5.43 Å². The van der Waals surface area contributed by atoms with Gasteiger partial charge in [0, 0.05) is 24.5 Å². The highest BCUT2D eigenvalue weighted by molar-refractivity contribution is 4.87. The van der Waals surface area contributed by atoms with Gasteiger partial charge in [0.1, 0.15) is 12.5 Å². The van der Waals surface area contributed by atoms with Gasteiger partial charge in [0.2, 0.25) is 0 Å². The molecule has 1 aliphatic rings. The Bertz CT molecular complexity index is 303. The van der Waals surface area contributed by atoms with Crippen LogP contribution in [-0.2, 0) is 4.74 Å². The maximum Gasteiger partial charge on any atom is 0.184 e. The van der Waals surface area contributed by atoms with Crippen molar-refractivity contribution in [3.63, 3.8) is 0 Å². The standard InChI is InChI=1S/C5H4O2.C4H5NO/c6-5-1-3-7-4-2-5;1-3-6-4-2-5-1/h1-4H;1-5H. The molecule has 2 rings (SSSR count). The molecular weight excluding hydrogens is 170 g/mol. The largest absolute Gasteiger partial charge is 0.472 e. The van der Waals surface area contributed by atoms with Crippen LogP contribution in [0.4, 0.5) is 0 Å². The van der Waals surface area contributed by atoms with Crippen molar-refractivity contribution < 1.29 is 9.15 Å². The second kappa shape index (κ2) is 5.65. The van der Waals surface area contributed by atoms with Crippen molar-refractivity contribution in [2.45, 2.75) is 0 Å². The first-order valence-corrected chi connectivity index (χ1v) is 3.63. The Kier molecular flexibility index (Phi) is 3.96. The third-order valence-electron chi connectivity index (χ3n) is 1.11. The molecule has 0 bridgehead atoms. The van der Waals surface area contributed by atoms with E-state index in [4.69, 9.17) is 0 Å². The van der Waals surface area contributed by atoms with Crippen LogP contribution in [0.25, 0.3) is 0 Å². The zero-order valence-corrected chi connectivity index (χ0v) is 6.84. The molecule has 0 aliphatic carbocycles. The zero-order valence-electron chi connectivity index (χ0n) is 6.84. The van der Waals surface area contributed by atoms with E-state index >= 15 is 0 Å². The van der Waals surface area contributed by atoms with Gasteiger partial charge in [-0.05, 0) is 0 Å². The molecule has 4 nitrogen and oxygen atoms in total. The molecule has 13 heavy (non-hydrogen) atoms. The van der Waals surface area contributed by atoms with Gasteiger partial charge in [0.25, 0.3) is 0 Å². The third-order valence-corrected chi connectivity index (χ3v) is 1.11. The summed E-state index contributed by atoms with van der Waals surface area (Å²) in [5, 5.41) is 2.80. The average molecular weight is 179 g/mol. The average Bonchev–Trinajstić information content (AvgIpc) is 2.22. The molecule has 1 aliphatic heterocycles. The van der Waals surface area contributed by atoms with Crippen molar-refractivity contribution in [3.05, 3.63) is 59.8 Å². The van der Waals surface area contributed by atoms with Crippen LogP contribution in [0.5, 0.6) is 0 Å². The van der Waals surface area contributed by atoms with E-state index in [1.54, 1.807) is 24.9 Å². The molecule has 68 valence electrons. The lowest BCUT2D eigenvalue weighted by atomic mass is 10.5. The maximum atomic E-state index is 10.2. The van der Waals surface area contributed by atoms with Crippen LogP contribution in [0.15, 0.2) is 58.8 Å². The Morgan fingerprint density at radius 2 is 1.69 bits per heavy atom. The van der Waals surface area contributed by atoms with Gasteiger partial charge in [-0.1, -0.05) is 0 Å². The lowest BCUT2D eigenvalue weighted by Gasteiger charge is -1.94. The quantitative estimate of drug-likeness (QED) is 0.649. The lowest BCUT2D eigenvalue weighted by Crippen LogP contribution is -1.94. The Morgan fingerprint density at radius 1 is 1.08 bits per heavy atom. The predicted octanol–water partition coefficient (Wildman–Crippen LogP) is 1.19. The van der Waals surface area contributed by atoms with Gasteiger partial charge in [-0.2, -0.15) is 0 Å². The molecule has 0 unspecified atom stereocenters. The van der Waals surface area contributed by atoms with Crippen molar-refractivity contribution in [1.29, 1.82) is 0 Å². The van der Waals surface area contributed by atoms with E-state index in [2.05, 4.69) is 14.5 Å². The molecular formula is C9H9NO3. The number of hydrogen-bond acceptors (Lipinski definition) is 4. The highest BCUT2D eigenvalue weighted by Gasteiger charge is 1.73. The minimum Gasteiger partial charge on any atom is -0.472 e. The molecule has 1 aromatic heterocycles. The van der Waals surface area contributed by atoms with Crippen molar-refractivity contribution in [2.24, 2.45) is 0 Å². The van der Waals surface area contributed by atoms with E-state index in [1.165, 1.54) is 24.7 Å². The number of nitrogens with one attached hydrogen (secondary N) is 1. The molecule has 0 fully saturated rings. The lowest BCUT2D eigenvalue weighted by molar-refractivity contribution is 0.390. The summed E-state index contributed by atoms with van der Waals surface area (Å²) in [4.78, 5) is 10.2. The number of hydrogen-bond donors (Lipinski definition) is 1. The van der Waals surface area contributed by atoms with Crippen LogP contribution in [0.2, 0.25) is 0 Å². The molecule has 0 saturated carbocycles. The second-order valence-corrected chi connectivity index (χ2v) is 2.05. The first-order chi connectivity index (χ1) is 6.39. The second-order valence-electron chi connectivity index (χ2n) is 2.05. The summed E-state index contributed by atoms with van der Waals surface area (Å²) in [5.41, 5.74) is -0.0220. The zero-order chi connectivity index (χ0) is 9.36. The Hall–Kier alpha value is -1.97. The summed E-state index contributed by atoms with van der Waals surface area (Å²) in [6, 6.07) is 2.72. The first-order valence-electron chi connectivity index (χ1n) is 3.63. The Balaban J connectivity index is 0.000000132. The van der Waals surface area contributed by atoms with E-state index in [1.807, 2.05) is 0 Å². The minimum absolute atomic E-state index is 0.0220. The molecule has 0 aromatic carbocycles. The van der Waals surface area contributed by atoms with E-state index in [9.17, 15) is 4.79 Å². The number of rotatable bonds is 0. The fourth-order valence-corrected chi connectivity index (χ4v) is 0.572. The van der Waals surface area contributed by atoms with Gasteiger partial charge in [-0.15, -0.1) is 0 Å². The van der Waals surface area contributed by atoms with Crippen LogP contribution in [0.3, 0.4) is 0 Å². The van der Waals surface area contributed by atoms with Crippen LogP contribution in [0.1, 0.15) is 0 Å². The summed E-state index contributed by atoms with van der Waals surface area (Å²) in [6.07, 6.45) is 9.25. The van der Waals surface area contributed by atoms with Crippen molar-refractivity contribution in [2.75, 3.05) is 0 Å². The molecule has 0 radical (unpaired) electrons. The highest BCUT2D eigenvalue weighted by atomic mass is 16.5. The SMILES string of the molecule is C1=COC=CN1.O=c1ccocc1. The topological polar surface area (TPSA) is 51.5 Å². The monoisotopic (exact) mass is 179 g/mol. The number of ether oxygens (including phenoxy) is 1. The van der Waals surface area contributed by atoms with Crippen LogP contribution in [-0.4, -0.2) is 0 Å². The molecule has 4 heteroatoms. The van der Waals surface area contributed by atoms with Gasteiger partial charge in [0.05, 0.1) is 12.5 Å². The summed E-state index contributed by atoms with van der Waals surface area (Å²) in [5.74, 6) is 0. The molecule has 2 heterocycles. The van der Waals surface area contributed by atoms with Crippen LogP contribution < -0.4 is 10.7 Å². The van der Waals surface area contributed by atoms with Crippen LogP contribution >= 0.6 is 0 Å². The Labute approximate surface area is 75.1 Å². The van der Waals surface area contributed by atoms with Gasteiger partial charge in [-0.3, -0.25) is 4.79 Å². The fraction of sp³-hybridized carbons (Fsp3) is 0. The van der Waals surface area contributed by atoms with Crippen LogP contribution in [0, 0.1) is 0 Å². The normalized spacial score (nSPS) is 12.0. The summed E-state index contributed by atoms with van der Waals surface area (Å²) < 4.78 is 9.20.